The van der Waals surface area contributed by atoms with Gasteiger partial charge in [-0.25, -0.2) is 9.78 Å². The summed E-state index contributed by atoms with van der Waals surface area (Å²) in [5.41, 5.74) is 1.72. The van der Waals surface area contributed by atoms with Gasteiger partial charge in [0.05, 0.1) is 12.4 Å². The molecule has 0 atom stereocenters. The molecule has 1 saturated heterocycles. The van der Waals surface area contributed by atoms with E-state index in [1.165, 1.54) is 5.69 Å². The predicted molar refractivity (Wildman–Crippen MR) is 89.0 cm³/mol. The summed E-state index contributed by atoms with van der Waals surface area (Å²) in [5.74, 6) is 0.454. The lowest BCUT2D eigenvalue weighted by Gasteiger charge is -2.36. The van der Waals surface area contributed by atoms with Crippen molar-refractivity contribution in [3.63, 3.8) is 0 Å². The van der Waals surface area contributed by atoms with Crippen LogP contribution in [-0.4, -0.2) is 46.3 Å². The molecule has 1 N–H and O–H groups in total. The van der Waals surface area contributed by atoms with E-state index in [4.69, 9.17) is 0 Å². The van der Waals surface area contributed by atoms with E-state index >= 15 is 0 Å². The fourth-order valence-electron chi connectivity index (χ4n) is 2.79. The van der Waals surface area contributed by atoms with Crippen LogP contribution in [0.2, 0.25) is 0 Å². The van der Waals surface area contributed by atoms with Crippen LogP contribution in [0.4, 0.5) is 11.5 Å². The molecule has 4 rings (SSSR count). The molecule has 0 unspecified atom stereocenters. The number of H-pyrrole nitrogens is 1. The van der Waals surface area contributed by atoms with Crippen molar-refractivity contribution < 1.29 is 4.52 Å². The van der Waals surface area contributed by atoms with E-state index in [2.05, 4.69) is 58.7 Å². The molecule has 122 valence electrons. The molecule has 0 amide bonds. The number of para-hydroxylation sites is 1. The van der Waals surface area contributed by atoms with Crippen molar-refractivity contribution in [1.82, 2.24) is 20.1 Å². The molecule has 8 heteroatoms. The minimum Gasteiger partial charge on any atom is -0.368 e. The van der Waals surface area contributed by atoms with Gasteiger partial charge in [-0.1, -0.05) is 23.4 Å². The maximum atomic E-state index is 11.1. The second-order valence-electron chi connectivity index (χ2n) is 5.52. The number of benzene rings is 1. The quantitative estimate of drug-likeness (QED) is 0.772. The third-order valence-corrected chi connectivity index (χ3v) is 4.03. The summed E-state index contributed by atoms with van der Waals surface area (Å²) in [6, 6.07) is 10.4. The van der Waals surface area contributed by atoms with Crippen LogP contribution in [-0.2, 0) is 0 Å². The summed E-state index contributed by atoms with van der Waals surface area (Å²) in [4.78, 5) is 26.8. The van der Waals surface area contributed by atoms with E-state index in [0.717, 1.165) is 32.0 Å². The summed E-state index contributed by atoms with van der Waals surface area (Å²) < 4.78 is 4.52. The Hall–Kier alpha value is -3.16. The highest BCUT2D eigenvalue weighted by molar-refractivity contribution is 5.52. The normalized spacial score (nSPS) is 14.8. The van der Waals surface area contributed by atoms with Gasteiger partial charge in [0.2, 0.25) is 5.82 Å². The van der Waals surface area contributed by atoms with Crippen molar-refractivity contribution in [1.29, 1.82) is 0 Å². The van der Waals surface area contributed by atoms with Crippen molar-refractivity contribution in [3.8, 4) is 11.5 Å². The Morgan fingerprint density at radius 1 is 1.00 bits per heavy atom. The number of nitrogens with zero attached hydrogens (tertiary/aromatic N) is 5. The molecule has 24 heavy (non-hydrogen) atoms. The van der Waals surface area contributed by atoms with Gasteiger partial charge in [0.25, 0.3) is 0 Å². The van der Waals surface area contributed by atoms with Crippen molar-refractivity contribution in [3.05, 3.63) is 53.3 Å². The van der Waals surface area contributed by atoms with E-state index in [1.54, 1.807) is 12.4 Å². The van der Waals surface area contributed by atoms with Gasteiger partial charge >= 0.3 is 5.76 Å². The number of aromatic amines is 1. The average Bonchev–Trinajstić information content (AvgIpc) is 3.09. The maximum absolute atomic E-state index is 11.1. The van der Waals surface area contributed by atoms with Gasteiger partial charge in [-0.2, -0.15) is 0 Å². The monoisotopic (exact) mass is 324 g/mol. The fourth-order valence-corrected chi connectivity index (χ4v) is 2.79. The van der Waals surface area contributed by atoms with Crippen molar-refractivity contribution in [2.75, 3.05) is 36.0 Å². The van der Waals surface area contributed by atoms with E-state index < -0.39 is 5.76 Å². The van der Waals surface area contributed by atoms with Crippen LogP contribution in [0.15, 0.2) is 52.0 Å². The number of hydrogen-bond donors (Lipinski definition) is 1. The van der Waals surface area contributed by atoms with Crippen molar-refractivity contribution >= 4 is 11.5 Å². The van der Waals surface area contributed by atoms with Crippen molar-refractivity contribution in [2.24, 2.45) is 0 Å². The molecule has 0 radical (unpaired) electrons. The zero-order valence-electron chi connectivity index (χ0n) is 12.9. The largest absolute Gasteiger partial charge is 0.439 e. The molecule has 1 aliphatic rings. The Labute approximate surface area is 137 Å². The molecule has 2 aromatic heterocycles. The molecule has 3 aromatic rings. The highest BCUT2D eigenvalue weighted by atomic mass is 16.5. The Kier molecular flexibility index (Phi) is 3.70. The van der Waals surface area contributed by atoms with Crippen LogP contribution in [0.3, 0.4) is 0 Å². The minimum atomic E-state index is -0.603. The van der Waals surface area contributed by atoms with E-state index in [1.807, 2.05) is 6.07 Å². The second kappa shape index (κ2) is 6.15. The zero-order chi connectivity index (χ0) is 16.4. The number of nitrogens with one attached hydrogen (secondary N) is 1. The van der Waals surface area contributed by atoms with E-state index in [-0.39, 0.29) is 5.82 Å². The number of aromatic nitrogens is 4. The maximum Gasteiger partial charge on any atom is 0.439 e. The van der Waals surface area contributed by atoms with Crippen LogP contribution >= 0.6 is 0 Å². The first kappa shape index (κ1) is 14.4. The van der Waals surface area contributed by atoms with Crippen molar-refractivity contribution in [2.45, 2.75) is 0 Å². The van der Waals surface area contributed by atoms with Gasteiger partial charge in [-0.3, -0.25) is 14.5 Å². The van der Waals surface area contributed by atoms with Crippen LogP contribution < -0.4 is 15.6 Å². The summed E-state index contributed by atoms with van der Waals surface area (Å²) >= 11 is 0. The highest BCUT2D eigenvalue weighted by Gasteiger charge is 2.19. The first-order chi connectivity index (χ1) is 11.8. The Morgan fingerprint density at radius 3 is 2.46 bits per heavy atom. The van der Waals surface area contributed by atoms with Crippen LogP contribution in [0.1, 0.15) is 0 Å². The van der Waals surface area contributed by atoms with Crippen LogP contribution in [0.25, 0.3) is 11.5 Å². The lowest BCUT2D eigenvalue weighted by atomic mass is 10.2. The predicted octanol–water partition coefficient (Wildman–Crippen LogP) is 1.15. The Bertz CT molecular complexity index is 867. The van der Waals surface area contributed by atoms with E-state index in [9.17, 15) is 4.79 Å². The van der Waals surface area contributed by atoms with Gasteiger partial charge in [0.15, 0.2) is 0 Å². The molecule has 8 nitrogen and oxygen atoms in total. The lowest BCUT2D eigenvalue weighted by molar-refractivity contribution is 0.387. The third-order valence-electron chi connectivity index (χ3n) is 4.03. The van der Waals surface area contributed by atoms with Gasteiger partial charge in [-0.15, -0.1) is 0 Å². The summed E-state index contributed by atoms with van der Waals surface area (Å²) in [5, 5.41) is 3.65. The van der Waals surface area contributed by atoms with Gasteiger partial charge < -0.3 is 9.80 Å². The number of rotatable bonds is 3. The molecule has 1 fully saturated rings. The van der Waals surface area contributed by atoms with Crippen LogP contribution in [0, 0.1) is 0 Å². The highest BCUT2D eigenvalue weighted by Crippen LogP contribution is 2.20. The molecule has 0 aliphatic carbocycles. The summed E-state index contributed by atoms with van der Waals surface area (Å²) in [6.45, 7) is 3.53. The Morgan fingerprint density at radius 2 is 1.75 bits per heavy atom. The molecule has 1 aromatic carbocycles. The summed E-state index contributed by atoms with van der Waals surface area (Å²) in [6.07, 6.45) is 3.28. The number of piperazine rings is 1. The van der Waals surface area contributed by atoms with Gasteiger partial charge in [0.1, 0.15) is 11.5 Å². The molecule has 0 saturated carbocycles. The molecular formula is C16H16N6O2. The smallest absolute Gasteiger partial charge is 0.368 e. The molecular weight excluding hydrogens is 308 g/mol. The standard InChI is InChI=1S/C16H16N6O2/c23-16-19-15(20-24-16)13-10-17-11-14(18-13)22-8-6-21(7-9-22)12-4-2-1-3-5-12/h1-5,10-11H,6-9H2,(H,19,20,23). The third kappa shape index (κ3) is 2.85. The fraction of sp³-hybridized carbons (Fsp3) is 0.250. The first-order valence-electron chi connectivity index (χ1n) is 7.73. The van der Waals surface area contributed by atoms with Gasteiger partial charge in [0, 0.05) is 31.9 Å². The topological polar surface area (TPSA) is 91.2 Å². The zero-order valence-corrected chi connectivity index (χ0v) is 12.9. The first-order valence-corrected chi connectivity index (χ1v) is 7.73. The molecule has 3 heterocycles. The van der Waals surface area contributed by atoms with E-state index in [0.29, 0.717) is 5.69 Å². The lowest BCUT2D eigenvalue weighted by Crippen LogP contribution is -2.46. The Balaban J connectivity index is 1.49. The summed E-state index contributed by atoms with van der Waals surface area (Å²) in [7, 11) is 0. The minimum absolute atomic E-state index is 0.289. The molecule has 1 aliphatic heterocycles. The SMILES string of the molecule is O=c1[nH]c(-c2cncc(N3CCN(c4ccccc4)CC3)n2)no1. The molecule has 0 spiro atoms. The number of anilines is 2. The number of hydrogen-bond acceptors (Lipinski definition) is 7. The van der Waals surface area contributed by atoms with Crippen LogP contribution in [0.5, 0.6) is 0 Å². The second-order valence-corrected chi connectivity index (χ2v) is 5.52. The van der Waals surface area contributed by atoms with Gasteiger partial charge in [-0.05, 0) is 12.1 Å². The average molecular weight is 324 g/mol. The molecule has 0 bridgehead atoms.